The molecule has 1 aromatic carbocycles. The maximum absolute atomic E-state index is 13.8. The summed E-state index contributed by atoms with van der Waals surface area (Å²) in [6.45, 7) is 8.56. The van der Waals surface area contributed by atoms with Gasteiger partial charge in [0.05, 0.1) is 4.47 Å². The second kappa shape index (κ2) is 6.90. The van der Waals surface area contributed by atoms with Gasteiger partial charge >= 0.3 is 0 Å². The Balaban J connectivity index is 2.09. The molecular formula is C16H24BrFN2. The minimum Gasteiger partial charge on any atom is -0.368 e. The van der Waals surface area contributed by atoms with E-state index in [4.69, 9.17) is 0 Å². The van der Waals surface area contributed by atoms with E-state index in [1.165, 1.54) is 6.42 Å². The van der Waals surface area contributed by atoms with Crippen LogP contribution in [0.5, 0.6) is 0 Å². The second-order valence-electron chi connectivity index (χ2n) is 5.77. The highest BCUT2D eigenvalue weighted by molar-refractivity contribution is 9.10. The van der Waals surface area contributed by atoms with Gasteiger partial charge in [-0.1, -0.05) is 6.92 Å². The summed E-state index contributed by atoms with van der Waals surface area (Å²) in [6.07, 6.45) is 3.42. The molecule has 1 N–H and O–H groups in total. The number of piperidine rings is 1. The van der Waals surface area contributed by atoms with Crippen molar-refractivity contribution in [1.82, 2.24) is 5.32 Å². The molecule has 1 aromatic rings. The zero-order valence-electron chi connectivity index (χ0n) is 12.5. The summed E-state index contributed by atoms with van der Waals surface area (Å²) in [6, 6.07) is 4.58. The lowest BCUT2D eigenvalue weighted by Gasteiger charge is -2.40. The topological polar surface area (TPSA) is 15.3 Å². The van der Waals surface area contributed by atoms with Crippen LogP contribution in [0.25, 0.3) is 0 Å². The van der Waals surface area contributed by atoms with Gasteiger partial charge in [-0.25, -0.2) is 4.39 Å². The van der Waals surface area contributed by atoms with Gasteiger partial charge in [0.25, 0.3) is 0 Å². The van der Waals surface area contributed by atoms with Gasteiger partial charge in [-0.15, -0.1) is 0 Å². The van der Waals surface area contributed by atoms with Gasteiger partial charge in [0.15, 0.2) is 0 Å². The van der Waals surface area contributed by atoms with E-state index < -0.39 is 0 Å². The van der Waals surface area contributed by atoms with Crippen molar-refractivity contribution in [3.05, 3.63) is 28.0 Å². The van der Waals surface area contributed by atoms with Gasteiger partial charge < -0.3 is 10.2 Å². The van der Waals surface area contributed by atoms with Crippen molar-refractivity contribution in [1.29, 1.82) is 0 Å². The highest BCUT2D eigenvalue weighted by Gasteiger charge is 2.26. The number of hydrogen-bond donors (Lipinski definition) is 1. The predicted octanol–water partition coefficient (Wildman–Crippen LogP) is 4.25. The molecule has 2 rings (SSSR count). The van der Waals surface area contributed by atoms with E-state index in [1.54, 1.807) is 6.07 Å². The van der Waals surface area contributed by atoms with Crippen LogP contribution in [0.15, 0.2) is 16.6 Å². The molecular weight excluding hydrogens is 319 g/mol. The Morgan fingerprint density at radius 2 is 2.20 bits per heavy atom. The third-order valence-corrected chi connectivity index (χ3v) is 4.72. The molecule has 0 saturated carbocycles. The second-order valence-corrected chi connectivity index (χ2v) is 6.62. The summed E-state index contributed by atoms with van der Waals surface area (Å²) in [7, 11) is 0. The molecule has 112 valence electrons. The van der Waals surface area contributed by atoms with Crippen LogP contribution in [0.1, 0.15) is 38.7 Å². The van der Waals surface area contributed by atoms with Crippen molar-refractivity contribution in [2.45, 2.75) is 52.1 Å². The Bertz CT molecular complexity index is 464. The van der Waals surface area contributed by atoms with Gasteiger partial charge in [-0.05, 0) is 73.3 Å². The Hall–Kier alpha value is -0.610. The molecule has 1 aliphatic rings. The summed E-state index contributed by atoms with van der Waals surface area (Å²) >= 11 is 3.25. The zero-order valence-corrected chi connectivity index (χ0v) is 14.1. The van der Waals surface area contributed by atoms with E-state index in [0.29, 0.717) is 16.6 Å². The summed E-state index contributed by atoms with van der Waals surface area (Å²) in [5.74, 6) is -0.177. The normalized spacial score (nSPS) is 23.1. The number of hydrogen-bond acceptors (Lipinski definition) is 2. The number of nitrogens with one attached hydrogen (secondary N) is 1. The number of benzene rings is 1. The molecule has 2 nitrogen and oxygen atoms in total. The molecule has 1 fully saturated rings. The highest BCUT2D eigenvalue weighted by Crippen LogP contribution is 2.31. The lowest BCUT2D eigenvalue weighted by molar-refractivity contribution is 0.368. The van der Waals surface area contributed by atoms with Gasteiger partial charge in [0.2, 0.25) is 0 Å². The number of halogens is 2. The van der Waals surface area contributed by atoms with Crippen LogP contribution in [-0.4, -0.2) is 25.2 Å². The average molecular weight is 343 g/mol. The fourth-order valence-electron chi connectivity index (χ4n) is 3.01. The first-order valence-corrected chi connectivity index (χ1v) is 8.28. The van der Waals surface area contributed by atoms with Crippen LogP contribution < -0.4 is 10.2 Å². The Labute approximate surface area is 129 Å². The molecule has 4 heteroatoms. The molecule has 0 bridgehead atoms. The minimum absolute atomic E-state index is 0.177. The van der Waals surface area contributed by atoms with Gasteiger partial charge in [0.1, 0.15) is 5.82 Å². The Morgan fingerprint density at radius 3 is 2.85 bits per heavy atom. The monoisotopic (exact) mass is 342 g/mol. The lowest BCUT2D eigenvalue weighted by Crippen LogP contribution is -2.48. The SMILES string of the molecule is CCCNC1CCN(c2cc(F)c(Br)cc2C)C(C)C1. The van der Waals surface area contributed by atoms with Crippen LogP contribution in [0, 0.1) is 12.7 Å². The molecule has 1 aliphatic heterocycles. The van der Waals surface area contributed by atoms with Crippen molar-refractivity contribution in [2.24, 2.45) is 0 Å². The van der Waals surface area contributed by atoms with Crippen LogP contribution in [-0.2, 0) is 0 Å². The van der Waals surface area contributed by atoms with Crippen LogP contribution in [0.4, 0.5) is 10.1 Å². The number of nitrogens with zero attached hydrogens (tertiary/aromatic N) is 1. The van der Waals surface area contributed by atoms with Crippen LogP contribution >= 0.6 is 15.9 Å². The van der Waals surface area contributed by atoms with Crippen molar-refractivity contribution in [3.8, 4) is 0 Å². The molecule has 2 atom stereocenters. The van der Waals surface area contributed by atoms with Crippen molar-refractivity contribution in [2.75, 3.05) is 18.0 Å². The molecule has 0 amide bonds. The first kappa shape index (κ1) is 15.8. The quantitative estimate of drug-likeness (QED) is 0.879. The molecule has 0 aromatic heterocycles. The van der Waals surface area contributed by atoms with Crippen molar-refractivity contribution < 1.29 is 4.39 Å². The van der Waals surface area contributed by atoms with E-state index in [2.05, 4.69) is 40.0 Å². The van der Waals surface area contributed by atoms with Gasteiger partial charge in [-0.2, -0.15) is 0 Å². The zero-order chi connectivity index (χ0) is 14.7. The van der Waals surface area contributed by atoms with Gasteiger partial charge in [0, 0.05) is 24.3 Å². The third kappa shape index (κ3) is 3.53. The molecule has 0 aliphatic carbocycles. The van der Waals surface area contributed by atoms with Crippen molar-refractivity contribution >= 4 is 21.6 Å². The molecule has 1 saturated heterocycles. The van der Waals surface area contributed by atoms with E-state index in [-0.39, 0.29) is 5.82 Å². The maximum Gasteiger partial charge on any atom is 0.139 e. The van der Waals surface area contributed by atoms with Crippen molar-refractivity contribution in [3.63, 3.8) is 0 Å². The number of anilines is 1. The molecule has 2 unspecified atom stereocenters. The summed E-state index contributed by atoms with van der Waals surface area (Å²) in [5.41, 5.74) is 2.16. The molecule has 20 heavy (non-hydrogen) atoms. The highest BCUT2D eigenvalue weighted by atomic mass is 79.9. The minimum atomic E-state index is -0.177. The first-order valence-electron chi connectivity index (χ1n) is 7.48. The predicted molar refractivity (Wildman–Crippen MR) is 87.0 cm³/mol. The van der Waals surface area contributed by atoms with E-state index >= 15 is 0 Å². The Morgan fingerprint density at radius 1 is 1.45 bits per heavy atom. The van der Waals surface area contributed by atoms with E-state index in [9.17, 15) is 4.39 Å². The largest absolute Gasteiger partial charge is 0.368 e. The number of rotatable bonds is 4. The van der Waals surface area contributed by atoms with Crippen LogP contribution in [0.2, 0.25) is 0 Å². The fraction of sp³-hybridized carbons (Fsp3) is 0.625. The lowest BCUT2D eigenvalue weighted by atomic mass is 9.96. The molecule has 0 radical (unpaired) electrons. The number of aryl methyl sites for hydroxylation is 1. The average Bonchev–Trinajstić information content (AvgIpc) is 2.41. The summed E-state index contributed by atoms with van der Waals surface area (Å²) in [5, 5.41) is 3.60. The fourth-order valence-corrected chi connectivity index (χ4v) is 3.47. The molecule has 0 spiro atoms. The Kier molecular flexibility index (Phi) is 5.44. The maximum atomic E-state index is 13.8. The van der Waals surface area contributed by atoms with Crippen LogP contribution in [0.3, 0.4) is 0 Å². The first-order chi connectivity index (χ1) is 9.52. The third-order valence-electron chi connectivity index (χ3n) is 4.11. The smallest absolute Gasteiger partial charge is 0.139 e. The summed E-state index contributed by atoms with van der Waals surface area (Å²) < 4.78 is 14.3. The molecule has 1 heterocycles. The van der Waals surface area contributed by atoms with E-state index in [1.807, 2.05) is 13.0 Å². The summed E-state index contributed by atoms with van der Waals surface area (Å²) in [4.78, 5) is 2.34. The van der Waals surface area contributed by atoms with E-state index in [0.717, 1.165) is 37.2 Å². The standard InChI is InChI=1S/C16H24BrFN2/c1-4-6-19-13-5-7-20(12(3)9-13)16-10-15(18)14(17)8-11(16)2/h8,10,12-13,19H,4-7,9H2,1-3H3. The van der Waals surface area contributed by atoms with Gasteiger partial charge in [-0.3, -0.25) is 0 Å².